The van der Waals surface area contributed by atoms with Crippen molar-refractivity contribution in [1.29, 1.82) is 0 Å². The fraction of sp³-hybridized carbons (Fsp3) is 0.316. The van der Waals surface area contributed by atoms with E-state index in [0.717, 1.165) is 37.4 Å². The van der Waals surface area contributed by atoms with E-state index >= 15 is 0 Å². The summed E-state index contributed by atoms with van der Waals surface area (Å²) in [5.41, 5.74) is 2.24. The first-order valence-electron chi connectivity index (χ1n) is 8.26. The zero-order chi connectivity index (χ0) is 15.5. The molecule has 1 unspecified atom stereocenters. The van der Waals surface area contributed by atoms with Crippen LogP contribution >= 0.6 is 11.3 Å². The first-order chi connectivity index (χ1) is 11.4. The predicted octanol–water partition coefficient (Wildman–Crippen LogP) is 3.68. The highest BCUT2D eigenvalue weighted by Gasteiger charge is 2.25. The molecule has 4 rings (SSSR count). The number of benzene rings is 1. The molecule has 0 saturated carbocycles. The van der Waals surface area contributed by atoms with Crippen LogP contribution in [0, 0.1) is 0 Å². The van der Waals surface area contributed by atoms with Crippen LogP contribution in [-0.2, 0) is 0 Å². The lowest BCUT2D eigenvalue weighted by molar-refractivity contribution is 0.240. The van der Waals surface area contributed by atoms with Gasteiger partial charge in [-0.2, -0.15) is 0 Å². The lowest BCUT2D eigenvalue weighted by Gasteiger charge is -2.29. The Kier molecular flexibility index (Phi) is 4.37. The Morgan fingerprint density at radius 2 is 1.96 bits per heavy atom. The molecule has 1 saturated heterocycles. The summed E-state index contributed by atoms with van der Waals surface area (Å²) < 4.78 is 0. The van der Waals surface area contributed by atoms with Crippen molar-refractivity contribution in [2.24, 2.45) is 0 Å². The number of aromatic nitrogens is 1. The minimum atomic E-state index is 0.263. The van der Waals surface area contributed by atoms with E-state index < -0.39 is 0 Å². The molecule has 0 bridgehead atoms. The third-order valence-electron chi connectivity index (χ3n) is 4.45. The molecule has 0 aliphatic carbocycles. The minimum absolute atomic E-state index is 0.263. The highest BCUT2D eigenvalue weighted by atomic mass is 32.1. The average Bonchev–Trinajstić information content (AvgIpc) is 2.98. The van der Waals surface area contributed by atoms with Gasteiger partial charge < -0.3 is 5.32 Å². The van der Waals surface area contributed by atoms with Crippen molar-refractivity contribution in [3.8, 4) is 0 Å². The maximum atomic E-state index is 4.98. The molecule has 2 aromatic heterocycles. The second kappa shape index (κ2) is 6.79. The van der Waals surface area contributed by atoms with Crippen LogP contribution < -0.4 is 5.32 Å². The summed E-state index contributed by atoms with van der Waals surface area (Å²) in [7, 11) is 0. The summed E-state index contributed by atoms with van der Waals surface area (Å²) in [4.78, 5) is 8.94. The molecule has 0 spiro atoms. The molecule has 23 heavy (non-hydrogen) atoms. The molecule has 1 N–H and O–H groups in total. The van der Waals surface area contributed by atoms with Gasteiger partial charge in [0, 0.05) is 29.9 Å². The number of rotatable bonds is 3. The molecular formula is C19H21N3S. The van der Waals surface area contributed by atoms with Crippen molar-refractivity contribution in [2.75, 3.05) is 26.2 Å². The third kappa shape index (κ3) is 3.15. The van der Waals surface area contributed by atoms with Gasteiger partial charge in [-0.1, -0.05) is 30.3 Å². The topological polar surface area (TPSA) is 28.2 Å². The largest absolute Gasteiger partial charge is 0.315 e. The van der Waals surface area contributed by atoms with Gasteiger partial charge in [-0.3, -0.25) is 9.88 Å². The van der Waals surface area contributed by atoms with Crippen LogP contribution in [-0.4, -0.2) is 36.1 Å². The van der Waals surface area contributed by atoms with Gasteiger partial charge in [0.05, 0.1) is 17.3 Å². The monoisotopic (exact) mass is 323 g/mol. The van der Waals surface area contributed by atoms with Crippen LogP contribution in [0.2, 0.25) is 0 Å². The zero-order valence-corrected chi connectivity index (χ0v) is 13.9. The predicted molar refractivity (Wildman–Crippen MR) is 97.0 cm³/mol. The van der Waals surface area contributed by atoms with Gasteiger partial charge in [0.15, 0.2) is 0 Å². The van der Waals surface area contributed by atoms with Crippen LogP contribution in [0.15, 0.2) is 53.9 Å². The van der Waals surface area contributed by atoms with E-state index in [0.29, 0.717) is 0 Å². The Balaban J connectivity index is 1.76. The number of pyridine rings is 1. The molecule has 1 atom stereocenters. The second-order valence-electron chi connectivity index (χ2n) is 5.99. The quantitative estimate of drug-likeness (QED) is 0.797. The fourth-order valence-electron chi connectivity index (χ4n) is 3.32. The van der Waals surface area contributed by atoms with Crippen LogP contribution in [0.25, 0.3) is 10.9 Å². The summed E-state index contributed by atoms with van der Waals surface area (Å²) in [5.74, 6) is 0. The van der Waals surface area contributed by atoms with Crippen LogP contribution in [0.5, 0.6) is 0 Å². The molecule has 1 aliphatic heterocycles. The molecule has 1 fully saturated rings. The van der Waals surface area contributed by atoms with Gasteiger partial charge in [-0.15, -0.1) is 11.3 Å². The van der Waals surface area contributed by atoms with Crippen LogP contribution in [0.3, 0.4) is 0 Å². The highest BCUT2D eigenvalue weighted by molar-refractivity contribution is 7.10. The van der Waals surface area contributed by atoms with E-state index in [-0.39, 0.29) is 6.04 Å². The lowest BCUT2D eigenvalue weighted by Crippen LogP contribution is -2.33. The Bertz CT molecular complexity index is 761. The Hall–Kier alpha value is -1.75. The Morgan fingerprint density at radius 3 is 2.87 bits per heavy atom. The number of fused-ring (bicyclic) bond motifs is 1. The number of nitrogens with zero attached hydrogens (tertiary/aromatic N) is 2. The van der Waals surface area contributed by atoms with Gasteiger partial charge in [0.1, 0.15) is 0 Å². The molecular weight excluding hydrogens is 302 g/mol. The van der Waals surface area contributed by atoms with E-state index in [2.05, 4.69) is 64.1 Å². The minimum Gasteiger partial charge on any atom is -0.315 e. The van der Waals surface area contributed by atoms with E-state index in [1.54, 1.807) is 0 Å². The summed E-state index contributed by atoms with van der Waals surface area (Å²) in [6, 6.07) is 17.4. The first kappa shape index (κ1) is 14.8. The van der Waals surface area contributed by atoms with Gasteiger partial charge in [-0.25, -0.2) is 0 Å². The second-order valence-corrected chi connectivity index (χ2v) is 6.97. The average molecular weight is 323 g/mol. The molecule has 3 heterocycles. The molecule has 0 radical (unpaired) electrons. The van der Waals surface area contributed by atoms with Gasteiger partial charge in [0.25, 0.3) is 0 Å². The van der Waals surface area contributed by atoms with Gasteiger partial charge >= 0.3 is 0 Å². The summed E-state index contributed by atoms with van der Waals surface area (Å²) in [6.45, 7) is 4.34. The Labute approximate surface area is 141 Å². The molecule has 4 heteroatoms. The zero-order valence-electron chi connectivity index (χ0n) is 13.1. The van der Waals surface area contributed by atoms with Crippen molar-refractivity contribution in [2.45, 2.75) is 12.5 Å². The lowest BCUT2D eigenvalue weighted by atomic mass is 10.1. The summed E-state index contributed by atoms with van der Waals surface area (Å²) in [6.07, 6.45) is 1.19. The highest BCUT2D eigenvalue weighted by Crippen LogP contribution is 2.32. The number of hydrogen-bond donors (Lipinski definition) is 1. The third-order valence-corrected chi connectivity index (χ3v) is 5.38. The smallest absolute Gasteiger partial charge is 0.0870 e. The van der Waals surface area contributed by atoms with Gasteiger partial charge in [0.2, 0.25) is 0 Å². The van der Waals surface area contributed by atoms with Crippen molar-refractivity contribution in [3.63, 3.8) is 0 Å². The summed E-state index contributed by atoms with van der Waals surface area (Å²) in [5, 5.41) is 6.87. The number of thiophene rings is 1. The van der Waals surface area contributed by atoms with Crippen LogP contribution in [0.4, 0.5) is 0 Å². The standard InChI is InChI=1S/C19H21N3S/c1-2-6-16-15(5-1)8-9-17(21-16)19(18-7-3-14-23-18)22-12-4-10-20-11-13-22/h1-3,5-9,14,19-20H,4,10-13H2. The molecule has 0 amide bonds. The van der Waals surface area contributed by atoms with E-state index in [1.807, 2.05) is 11.3 Å². The summed E-state index contributed by atoms with van der Waals surface area (Å²) >= 11 is 1.83. The van der Waals surface area contributed by atoms with E-state index in [9.17, 15) is 0 Å². The molecule has 1 aromatic carbocycles. The van der Waals surface area contributed by atoms with E-state index in [4.69, 9.17) is 4.98 Å². The van der Waals surface area contributed by atoms with Crippen LogP contribution in [0.1, 0.15) is 23.0 Å². The van der Waals surface area contributed by atoms with Gasteiger partial charge in [-0.05, 0) is 36.5 Å². The first-order valence-corrected chi connectivity index (χ1v) is 9.14. The van der Waals surface area contributed by atoms with Crippen molar-refractivity contribution >= 4 is 22.2 Å². The van der Waals surface area contributed by atoms with Crippen molar-refractivity contribution in [1.82, 2.24) is 15.2 Å². The number of nitrogens with one attached hydrogen (secondary N) is 1. The van der Waals surface area contributed by atoms with Crippen molar-refractivity contribution < 1.29 is 0 Å². The number of para-hydroxylation sites is 1. The maximum Gasteiger partial charge on any atom is 0.0870 e. The van der Waals surface area contributed by atoms with Crippen molar-refractivity contribution in [3.05, 3.63) is 64.5 Å². The SMILES string of the molecule is c1csc(C(c2ccc3ccccc3n2)N2CCCNCC2)c1. The molecule has 3 aromatic rings. The molecule has 3 nitrogen and oxygen atoms in total. The Morgan fingerprint density at radius 1 is 1.00 bits per heavy atom. The van der Waals surface area contributed by atoms with E-state index in [1.165, 1.54) is 16.7 Å². The molecule has 1 aliphatic rings. The normalized spacial score (nSPS) is 17.9. The number of hydrogen-bond acceptors (Lipinski definition) is 4. The fourth-order valence-corrected chi connectivity index (χ4v) is 4.19. The maximum absolute atomic E-state index is 4.98. The molecule has 118 valence electrons.